The Morgan fingerprint density at radius 2 is 1.85 bits per heavy atom. The maximum Gasteiger partial charge on any atom is 0.325 e. The number of aromatic nitrogens is 2. The van der Waals surface area contributed by atoms with E-state index in [-0.39, 0.29) is 23.8 Å². The van der Waals surface area contributed by atoms with Crippen LogP contribution < -0.4 is 5.32 Å². The van der Waals surface area contributed by atoms with Crippen LogP contribution in [0, 0.1) is 19.8 Å². The Morgan fingerprint density at radius 1 is 1.22 bits per heavy atom. The summed E-state index contributed by atoms with van der Waals surface area (Å²) in [6.45, 7) is 12.0. The fourth-order valence-corrected chi connectivity index (χ4v) is 4.27. The van der Waals surface area contributed by atoms with Gasteiger partial charge in [0.05, 0.1) is 11.3 Å². The largest absolute Gasteiger partial charge is 0.338 e. The molecule has 4 amide bonds. The minimum Gasteiger partial charge on any atom is -0.338 e. The first kappa shape index (κ1) is 19.4. The monoisotopic (exact) mass is 375 g/mol. The van der Waals surface area contributed by atoms with E-state index >= 15 is 0 Å². The number of hydrogen-bond acceptors (Lipinski definition) is 4. The van der Waals surface area contributed by atoms with Crippen LogP contribution in [0.2, 0.25) is 0 Å². The summed E-state index contributed by atoms with van der Waals surface area (Å²) in [5, 5.41) is 6.90. The average molecular weight is 375 g/mol. The Bertz CT molecular complexity index is 775. The number of carbonyl (C=O) groups is 3. The Balaban J connectivity index is 1.78. The second kappa shape index (κ2) is 6.98. The van der Waals surface area contributed by atoms with Gasteiger partial charge in [-0.1, -0.05) is 13.8 Å². The molecule has 0 radical (unpaired) electrons. The lowest BCUT2D eigenvalue weighted by atomic mass is 9.85. The summed E-state index contributed by atoms with van der Waals surface area (Å²) in [4.78, 5) is 41.3. The van der Waals surface area contributed by atoms with Gasteiger partial charge in [-0.2, -0.15) is 5.10 Å². The van der Waals surface area contributed by atoms with Crippen molar-refractivity contribution in [3.63, 3.8) is 0 Å². The Morgan fingerprint density at radius 3 is 2.37 bits per heavy atom. The summed E-state index contributed by atoms with van der Waals surface area (Å²) in [5.74, 6) is -0.00512. The molecular weight excluding hydrogens is 346 g/mol. The van der Waals surface area contributed by atoms with Gasteiger partial charge in [0, 0.05) is 31.9 Å². The first-order chi connectivity index (χ1) is 12.7. The molecule has 1 N–H and O–H groups in total. The summed E-state index contributed by atoms with van der Waals surface area (Å²) in [5.41, 5.74) is 1.43. The molecule has 8 heteroatoms. The molecule has 2 aliphatic heterocycles. The highest BCUT2D eigenvalue weighted by atomic mass is 16.2. The van der Waals surface area contributed by atoms with Crippen molar-refractivity contribution in [1.82, 2.24) is 24.9 Å². The number of nitrogens with one attached hydrogen (secondary N) is 1. The SMILES string of the molecule is CCn1nc(C)c(C(=O)N2CCC3(CC2)C(=O)NC(=O)N3CC(C)C)c1C. The van der Waals surface area contributed by atoms with Crippen molar-refractivity contribution >= 4 is 17.8 Å². The highest BCUT2D eigenvalue weighted by Crippen LogP contribution is 2.34. The molecule has 148 valence electrons. The van der Waals surface area contributed by atoms with Crippen LogP contribution in [0.1, 0.15) is 55.4 Å². The normalized spacial score (nSPS) is 19.3. The molecule has 8 nitrogen and oxygen atoms in total. The molecule has 3 rings (SSSR count). The maximum absolute atomic E-state index is 13.1. The molecule has 2 aliphatic rings. The molecule has 0 atom stereocenters. The van der Waals surface area contributed by atoms with E-state index in [0.717, 1.165) is 17.9 Å². The van der Waals surface area contributed by atoms with Crippen molar-refractivity contribution in [2.45, 2.75) is 59.5 Å². The van der Waals surface area contributed by atoms with E-state index < -0.39 is 5.54 Å². The number of amides is 4. The van der Waals surface area contributed by atoms with Crippen molar-refractivity contribution in [1.29, 1.82) is 0 Å². The molecule has 2 fully saturated rings. The van der Waals surface area contributed by atoms with Gasteiger partial charge in [0.1, 0.15) is 5.54 Å². The van der Waals surface area contributed by atoms with Gasteiger partial charge >= 0.3 is 6.03 Å². The maximum atomic E-state index is 13.1. The number of likely N-dealkylation sites (tertiary alicyclic amines) is 1. The van der Waals surface area contributed by atoms with E-state index in [1.807, 2.05) is 39.3 Å². The minimum absolute atomic E-state index is 0.0420. The van der Waals surface area contributed by atoms with Crippen LogP contribution in [-0.4, -0.2) is 62.6 Å². The van der Waals surface area contributed by atoms with Crippen molar-refractivity contribution in [2.75, 3.05) is 19.6 Å². The van der Waals surface area contributed by atoms with Gasteiger partial charge in [-0.15, -0.1) is 0 Å². The number of piperidine rings is 1. The lowest BCUT2D eigenvalue weighted by Gasteiger charge is -2.42. The first-order valence-electron chi connectivity index (χ1n) is 9.67. The van der Waals surface area contributed by atoms with E-state index in [2.05, 4.69) is 10.4 Å². The third-order valence-corrected chi connectivity index (χ3v) is 5.73. The Labute approximate surface area is 159 Å². The van der Waals surface area contributed by atoms with E-state index in [4.69, 9.17) is 0 Å². The molecular formula is C19H29N5O3. The molecule has 0 aromatic carbocycles. The van der Waals surface area contributed by atoms with Crippen LogP contribution >= 0.6 is 0 Å². The molecule has 0 aliphatic carbocycles. The van der Waals surface area contributed by atoms with Crippen molar-refractivity contribution in [3.8, 4) is 0 Å². The summed E-state index contributed by atoms with van der Waals surface area (Å²) in [6, 6.07) is -0.315. The van der Waals surface area contributed by atoms with E-state index in [1.165, 1.54) is 0 Å². The zero-order valence-corrected chi connectivity index (χ0v) is 16.8. The van der Waals surface area contributed by atoms with Crippen LogP contribution in [0.25, 0.3) is 0 Å². The zero-order valence-electron chi connectivity index (χ0n) is 16.8. The van der Waals surface area contributed by atoms with E-state index in [9.17, 15) is 14.4 Å². The van der Waals surface area contributed by atoms with Gasteiger partial charge < -0.3 is 9.80 Å². The smallest absolute Gasteiger partial charge is 0.325 e. The van der Waals surface area contributed by atoms with Crippen LogP contribution in [0.15, 0.2) is 0 Å². The van der Waals surface area contributed by atoms with Crippen molar-refractivity contribution in [3.05, 3.63) is 17.0 Å². The second-order valence-corrected chi connectivity index (χ2v) is 7.95. The van der Waals surface area contributed by atoms with E-state index in [1.54, 1.807) is 9.80 Å². The van der Waals surface area contributed by atoms with Gasteiger partial charge in [0.15, 0.2) is 0 Å². The first-order valence-corrected chi connectivity index (χ1v) is 9.67. The number of carbonyl (C=O) groups excluding carboxylic acids is 3. The van der Waals surface area contributed by atoms with Crippen LogP contribution in [0.5, 0.6) is 0 Å². The standard InChI is InChI=1S/C19H29N5O3/c1-6-24-14(5)15(13(4)21-24)16(25)22-9-7-19(8-10-22)17(26)20-18(27)23(19)11-12(2)3/h12H,6-11H2,1-5H3,(H,20,26,27). The predicted octanol–water partition coefficient (Wildman–Crippen LogP) is 1.70. The topological polar surface area (TPSA) is 87.5 Å². The summed E-state index contributed by atoms with van der Waals surface area (Å²) in [6.07, 6.45) is 0.923. The lowest BCUT2D eigenvalue weighted by Crippen LogP contribution is -2.58. The highest BCUT2D eigenvalue weighted by molar-refractivity contribution is 6.07. The highest BCUT2D eigenvalue weighted by Gasteiger charge is 2.54. The molecule has 2 saturated heterocycles. The van der Waals surface area contributed by atoms with Crippen molar-refractivity contribution in [2.24, 2.45) is 5.92 Å². The Kier molecular flexibility index (Phi) is 5.01. The van der Waals surface area contributed by atoms with Crippen LogP contribution in [0.4, 0.5) is 4.79 Å². The van der Waals surface area contributed by atoms with Gasteiger partial charge in [0.2, 0.25) is 0 Å². The second-order valence-electron chi connectivity index (χ2n) is 7.95. The molecule has 0 bridgehead atoms. The summed E-state index contributed by atoms with van der Waals surface area (Å²) >= 11 is 0. The zero-order chi connectivity index (χ0) is 19.9. The number of imide groups is 1. The van der Waals surface area contributed by atoms with Gasteiger partial charge in [-0.3, -0.25) is 19.6 Å². The van der Waals surface area contributed by atoms with Crippen LogP contribution in [-0.2, 0) is 11.3 Å². The molecule has 1 spiro atoms. The third kappa shape index (κ3) is 3.11. The fourth-order valence-electron chi connectivity index (χ4n) is 4.27. The molecule has 3 heterocycles. The van der Waals surface area contributed by atoms with Crippen molar-refractivity contribution < 1.29 is 14.4 Å². The van der Waals surface area contributed by atoms with E-state index in [0.29, 0.717) is 38.0 Å². The van der Waals surface area contributed by atoms with Gasteiger partial charge in [0.25, 0.3) is 11.8 Å². The average Bonchev–Trinajstić information content (AvgIpc) is 3.02. The third-order valence-electron chi connectivity index (χ3n) is 5.73. The van der Waals surface area contributed by atoms with Gasteiger partial charge in [-0.25, -0.2) is 4.79 Å². The minimum atomic E-state index is -0.824. The number of aryl methyl sites for hydroxylation is 2. The predicted molar refractivity (Wildman–Crippen MR) is 100 cm³/mol. The van der Waals surface area contributed by atoms with Gasteiger partial charge in [-0.05, 0) is 39.5 Å². The lowest BCUT2D eigenvalue weighted by molar-refractivity contribution is -0.129. The molecule has 27 heavy (non-hydrogen) atoms. The number of rotatable bonds is 4. The summed E-state index contributed by atoms with van der Waals surface area (Å²) < 4.78 is 1.83. The fraction of sp³-hybridized carbons (Fsp3) is 0.684. The number of nitrogens with zero attached hydrogens (tertiary/aromatic N) is 4. The quantitative estimate of drug-likeness (QED) is 0.812. The van der Waals surface area contributed by atoms with Crippen LogP contribution in [0.3, 0.4) is 0 Å². The molecule has 0 unspecified atom stereocenters. The number of hydrogen-bond donors (Lipinski definition) is 1. The molecule has 1 aromatic rings. The molecule has 0 saturated carbocycles. The Hall–Kier alpha value is -2.38. The molecule has 1 aromatic heterocycles. The summed E-state index contributed by atoms with van der Waals surface area (Å²) in [7, 11) is 0. The number of urea groups is 1.